The van der Waals surface area contributed by atoms with E-state index in [1.807, 2.05) is 48.5 Å². The fourth-order valence-electron chi connectivity index (χ4n) is 3.61. The number of anilines is 1. The van der Waals surface area contributed by atoms with E-state index in [1.54, 1.807) is 25.0 Å². The molecule has 2 aromatic carbocycles. The van der Waals surface area contributed by atoms with Crippen molar-refractivity contribution in [3.8, 4) is 5.75 Å². The lowest BCUT2D eigenvalue weighted by molar-refractivity contribution is -0.925. The first kappa shape index (κ1) is 20.7. The lowest BCUT2D eigenvalue weighted by Crippen LogP contribution is -3.16. The molecule has 0 spiro atoms. The largest absolute Gasteiger partial charge is 0.497 e. The molecule has 1 aliphatic heterocycles. The Morgan fingerprint density at radius 3 is 2.48 bits per heavy atom. The molecule has 1 atom stereocenters. The van der Waals surface area contributed by atoms with Crippen LogP contribution in [0.4, 0.5) is 10.5 Å². The molecule has 2 amide bonds. The van der Waals surface area contributed by atoms with Crippen molar-refractivity contribution in [3.05, 3.63) is 60.2 Å². The van der Waals surface area contributed by atoms with Crippen molar-refractivity contribution >= 4 is 17.7 Å². The molecular weight excluding hydrogens is 370 g/mol. The third-order valence-corrected chi connectivity index (χ3v) is 5.07. The molecule has 154 valence electrons. The van der Waals surface area contributed by atoms with Crippen molar-refractivity contribution in [3.63, 3.8) is 0 Å². The predicted molar refractivity (Wildman–Crippen MR) is 110 cm³/mol. The number of nitrogens with zero attached hydrogens (tertiary/aromatic N) is 1. The molecular formula is C22H28N3O4+. The van der Waals surface area contributed by atoms with Crippen LogP contribution in [0.3, 0.4) is 0 Å². The van der Waals surface area contributed by atoms with E-state index < -0.39 is 0 Å². The topological polar surface area (TPSA) is 72.3 Å². The van der Waals surface area contributed by atoms with E-state index in [2.05, 4.69) is 5.32 Å². The Labute approximate surface area is 171 Å². The van der Waals surface area contributed by atoms with Crippen molar-refractivity contribution in [2.75, 3.05) is 45.2 Å². The van der Waals surface area contributed by atoms with Crippen LogP contribution in [-0.2, 0) is 9.53 Å². The molecule has 1 heterocycles. The number of hydrogen-bond donors (Lipinski definition) is 2. The molecule has 1 fully saturated rings. The summed E-state index contributed by atoms with van der Waals surface area (Å²) in [6.07, 6.45) is -0.288. The van der Waals surface area contributed by atoms with Crippen LogP contribution >= 0.6 is 0 Å². The number of piperazine rings is 1. The summed E-state index contributed by atoms with van der Waals surface area (Å²) in [6, 6.07) is 16.7. The quantitative estimate of drug-likeness (QED) is 0.778. The van der Waals surface area contributed by atoms with Crippen LogP contribution in [0.2, 0.25) is 0 Å². The first-order valence-corrected chi connectivity index (χ1v) is 9.88. The van der Waals surface area contributed by atoms with Crippen molar-refractivity contribution in [2.45, 2.75) is 13.0 Å². The maximum atomic E-state index is 13.3. The highest BCUT2D eigenvalue weighted by molar-refractivity contribution is 5.94. The zero-order valence-electron chi connectivity index (χ0n) is 16.9. The van der Waals surface area contributed by atoms with E-state index >= 15 is 0 Å². The van der Waals surface area contributed by atoms with E-state index in [0.29, 0.717) is 44.2 Å². The molecule has 0 bridgehead atoms. The highest BCUT2D eigenvalue weighted by atomic mass is 16.6. The number of carbonyl (C=O) groups is 2. The zero-order valence-corrected chi connectivity index (χ0v) is 16.9. The average Bonchev–Trinajstić information content (AvgIpc) is 2.75. The van der Waals surface area contributed by atoms with Gasteiger partial charge in [0.05, 0.1) is 39.9 Å². The smallest absolute Gasteiger partial charge is 0.410 e. The number of ether oxygens (including phenoxy) is 2. The van der Waals surface area contributed by atoms with Gasteiger partial charge in [-0.3, -0.25) is 9.69 Å². The molecule has 1 aliphatic rings. The van der Waals surface area contributed by atoms with Gasteiger partial charge in [0.25, 0.3) is 5.91 Å². The summed E-state index contributed by atoms with van der Waals surface area (Å²) in [5, 5.41) is 3.02. The lowest BCUT2D eigenvalue weighted by Gasteiger charge is -2.35. The van der Waals surface area contributed by atoms with E-state index in [1.165, 1.54) is 0 Å². The maximum Gasteiger partial charge on any atom is 0.410 e. The Hall–Kier alpha value is -3.06. The number of rotatable bonds is 6. The second-order valence-corrected chi connectivity index (χ2v) is 6.91. The average molecular weight is 398 g/mol. The van der Waals surface area contributed by atoms with Crippen LogP contribution in [0, 0.1) is 0 Å². The van der Waals surface area contributed by atoms with Gasteiger partial charge >= 0.3 is 6.09 Å². The molecule has 0 aromatic heterocycles. The molecule has 1 saturated heterocycles. The first-order valence-electron chi connectivity index (χ1n) is 9.88. The van der Waals surface area contributed by atoms with Crippen LogP contribution in [0.15, 0.2) is 54.6 Å². The highest BCUT2D eigenvalue weighted by Gasteiger charge is 2.35. The van der Waals surface area contributed by atoms with E-state index in [-0.39, 0.29) is 18.0 Å². The molecule has 7 nitrogen and oxygen atoms in total. The Kier molecular flexibility index (Phi) is 7.08. The molecule has 0 unspecified atom stereocenters. The van der Waals surface area contributed by atoms with E-state index in [4.69, 9.17) is 9.47 Å². The van der Waals surface area contributed by atoms with Crippen molar-refractivity contribution in [2.24, 2.45) is 0 Å². The molecule has 0 radical (unpaired) electrons. The Morgan fingerprint density at radius 2 is 1.83 bits per heavy atom. The normalized spacial score (nSPS) is 15.4. The fraction of sp³-hybridized carbons (Fsp3) is 0.364. The van der Waals surface area contributed by atoms with Gasteiger partial charge in [0.1, 0.15) is 5.75 Å². The number of benzene rings is 2. The second kappa shape index (κ2) is 9.93. The standard InChI is InChI=1S/C22H27N3O4/c1-3-29-22(27)25-14-12-24(13-15-25)20(17-8-5-4-6-9-17)21(26)23-18-10-7-11-19(16-18)28-2/h4-11,16,20H,3,12-15H2,1-2H3,(H,23,26)/p+1/t20-/m0/s1. The number of hydrogen-bond acceptors (Lipinski definition) is 4. The lowest BCUT2D eigenvalue weighted by atomic mass is 10.0. The van der Waals surface area contributed by atoms with Crippen molar-refractivity contribution in [1.29, 1.82) is 0 Å². The minimum Gasteiger partial charge on any atom is -0.497 e. The zero-order chi connectivity index (χ0) is 20.6. The fourth-order valence-corrected chi connectivity index (χ4v) is 3.61. The molecule has 7 heteroatoms. The van der Waals surface area contributed by atoms with E-state index in [0.717, 1.165) is 10.5 Å². The summed E-state index contributed by atoms with van der Waals surface area (Å²) >= 11 is 0. The summed E-state index contributed by atoms with van der Waals surface area (Å²) < 4.78 is 10.3. The molecule has 0 aliphatic carbocycles. The molecule has 3 rings (SSSR count). The molecule has 0 saturated carbocycles. The monoisotopic (exact) mass is 398 g/mol. The number of amides is 2. The van der Waals surface area contributed by atoms with Gasteiger partial charge in [-0.15, -0.1) is 0 Å². The maximum absolute atomic E-state index is 13.3. The summed E-state index contributed by atoms with van der Waals surface area (Å²) in [4.78, 5) is 28.1. The summed E-state index contributed by atoms with van der Waals surface area (Å²) in [6.45, 7) is 4.62. The predicted octanol–water partition coefficient (Wildman–Crippen LogP) is 1.73. The SMILES string of the molecule is CCOC(=O)N1CC[NH+]([C@H](C(=O)Nc2cccc(OC)c2)c2ccccc2)CC1. The third-order valence-electron chi connectivity index (χ3n) is 5.07. The second-order valence-electron chi connectivity index (χ2n) is 6.91. The number of nitrogens with one attached hydrogen (secondary N) is 2. The van der Waals surface area contributed by atoms with Crippen LogP contribution in [-0.4, -0.2) is 56.8 Å². The molecule has 2 N–H and O–H groups in total. The molecule has 2 aromatic rings. The van der Waals surface area contributed by atoms with Crippen LogP contribution in [0.1, 0.15) is 18.5 Å². The minimum atomic E-state index is -0.369. The number of quaternary nitrogens is 1. The first-order chi connectivity index (χ1) is 14.1. The van der Waals surface area contributed by atoms with Gasteiger partial charge in [0.2, 0.25) is 0 Å². The van der Waals surface area contributed by atoms with Crippen molar-refractivity contribution < 1.29 is 24.0 Å². The Balaban J connectivity index is 1.75. The Morgan fingerprint density at radius 1 is 1.10 bits per heavy atom. The number of carbonyl (C=O) groups excluding carboxylic acids is 2. The van der Waals surface area contributed by atoms with Gasteiger partial charge in [-0.05, 0) is 19.1 Å². The summed E-state index contributed by atoms with van der Waals surface area (Å²) in [5.41, 5.74) is 1.65. The molecule has 29 heavy (non-hydrogen) atoms. The van der Waals surface area contributed by atoms with Gasteiger partial charge in [-0.1, -0.05) is 36.4 Å². The van der Waals surface area contributed by atoms with Crippen LogP contribution in [0.25, 0.3) is 0 Å². The minimum absolute atomic E-state index is 0.0796. The van der Waals surface area contributed by atoms with Crippen molar-refractivity contribution in [1.82, 2.24) is 4.90 Å². The van der Waals surface area contributed by atoms with Gasteiger partial charge in [0.15, 0.2) is 6.04 Å². The van der Waals surface area contributed by atoms with Gasteiger partial charge in [-0.25, -0.2) is 4.79 Å². The van der Waals surface area contributed by atoms with E-state index in [9.17, 15) is 9.59 Å². The van der Waals surface area contributed by atoms with Gasteiger partial charge < -0.3 is 19.7 Å². The summed E-state index contributed by atoms with van der Waals surface area (Å²) in [7, 11) is 1.60. The Bertz CT molecular complexity index is 820. The van der Waals surface area contributed by atoms with Gasteiger partial charge in [0, 0.05) is 17.3 Å². The summed E-state index contributed by atoms with van der Waals surface area (Å²) in [5.74, 6) is 0.610. The van der Waals surface area contributed by atoms with Crippen LogP contribution < -0.4 is 15.0 Å². The van der Waals surface area contributed by atoms with Crippen LogP contribution in [0.5, 0.6) is 5.75 Å². The third kappa shape index (κ3) is 5.26. The number of methoxy groups -OCH3 is 1. The highest BCUT2D eigenvalue weighted by Crippen LogP contribution is 2.19. The van der Waals surface area contributed by atoms with Gasteiger partial charge in [-0.2, -0.15) is 0 Å².